The Labute approximate surface area is 107 Å². The fourth-order valence-corrected chi connectivity index (χ4v) is 3.42. The summed E-state index contributed by atoms with van der Waals surface area (Å²) in [5, 5.41) is 3.79. The Bertz CT molecular complexity index is 195. The second-order valence-corrected chi connectivity index (χ2v) is 5.83. The smallest absolute Gasteiger partial charge is 0.0590 e. The SMILES string of the molecule is CCCNC(CC1CCCO1)C1CCCCC1. The molecule has 2 heteroatoms. The summed E-state index contributed by atoms with van der Waals surface area (Å²) in [6.45, 7) is 4.43. The molecule has 1 heterocycles. The number of nitrogens with one attached hydrogen (secondary N) is 1. The third kappa shape index (κ3) is 4.26. The molecule has 17 heavy (non-hydrogen) atoms. The van der Waals surface area contributed by atoms with Crippen LogP contribution in [-0.4, -0.2) is 25.3 Å². The number of hydrogen-bond donors (Lipinski definition) is 1. The van der Waals surface area contributed by atoms with E-state index >= 15 is 0 Å². The molecule has 1 aliphatic heterocycles. The fraction of sp³-hybridized carbons (Fsp3) is 1.00. The lowest BCUT2D eigenvalue weighted by Gasteiger charge is -2.32. The minimum Gasteiger partial charge on any atom is -0.378 e. The van der Waals surface area contributed by atoms with Crippen molar-refractivity contribution in [2.75, 3.05) is 13.2 Å². The predicted molar refractivity (Wildman–Crippen MR) is 72.2 cm³/mol. The van der Waals surface area contributed by atoms with Crippen LogP contribution in [0.2, 0.25) is 0 Å². The molecule has 0 aromatic rings. The molecule has 0 bridgehead atoms. The van der Waals surface area contributed by atoms with Gasteiger partial charge in [-0.25, -0.2) is 0 Å². The molecule has 2 nitrogen and oxygen atoms in total. The lowest BCUT2D eigenvalue weighted by atomic mass is 9.81. The van der Waals surface area contributed by atoms with Crippen molar-refractivity contribution in [2.24, 2.45) is 5.92 Å². The van der Waals surface area contributed by atoms with Gasteiger partial charge in [0.1, 0.15) is 0 Å². The van der Waals surface area contributed by atoms with Gasteiger partial charge in [0.2, 0.25) is 0 Å². The van der Waals surface area contributed by atoms with Gasteiger partial charge in [0.05, 0.1) is 6.10 Å². The second kappa shape index (κ2) is 7.38. The Morgan fingerprint density at radius 2 is 1.94 bits per heavy atom. The first-order valence-corrected chi connectivity index (χ1v) is 7.75. The quantitative estimate of drug-likeness (QED) is 0.766. The molecule has 0 radical (unpaired) electrons. The van der Waals surface area contributed by atoms with Gasteiger partial charge in [0.25, 0.3) is 0 Å². The van der Waals surface area contributed by atoms with Gasteiger partial charge < -0.3 is 10.1 Å². The molecule has 1 saturated heterocycles. The van der Waals surface area contributed by atoms with Crippen LogP contribution in [0.3, 0.4) is 0 Å². The van der Waals surface area contributed by atoms with Crippen LogP contribution in [0, 0.1) is 5.92 Å². The first-order chi connectivity index (χ1) is 8.40. The van der Waals surface area contributed by atoms with E-state index in [1.165, 1.54) is 64.3 Å². The summed E-state index contributed by atoms with van der Waals surface area (Å²) in [7, 11) is 0. The van der Waals surface area contributed by atoms with Crippen LogP contribution in [0.25, 0.3) is 0 Å². The Hall–Kier alpha value is -0.0800. The lowest BCUT2D eigenvalue weighted by Crippen LogP contribution is -2.40. The molecule has 1 aliphatic carbocycles. The Morgan fingerprint density at radius 3 is 2.59 bits per heavy atom. The van der Waals surface area contributed by atoms with Crippen molar-refractivity contribution in [3.63, 3.8) is 0 Å². The van der Waals surface area contributed by atoms with E-state index in [4.69, 9.17) is 4.74 Å². The van der Waals surface area contributed by atoms with E-state index in [9.17, 15) is 0 Å². The minimum absolute atomic E-state index is 0.547. The predicted octanol–water partition coefficient (Wildman–Crippen LogP) is 3.50. The third-order valence-corrected chi connectivity index (χ3v) is 4.42. The fourth-order valence-electron chi connectivity index (χ4n) is 3.42. The molecule has 100 valence electrons. The minimum atomic E-state index is 0.547. The van der Waals surface area contributed by atoms with Crippen molar-refractivity contribution >= 4 is 0 Å². The molecular weight excluding hydrogens is 210 g/mol. The maximum atomic E-state index is 5.81. The number of hydrogen-bond acceptors (Lipinski definition) is 2. The van der Waals surface area contributed by atoms with Crippen LogP contribution in [0.4, 0.5) is 0 Å². The van der Waals surface area contributed by atoms with E-state index in [-0.39, 0.29) is 0 Å². The second-order valence-electron chi connectivity index (χ2n) is 5.83. The van der Waals surface area contributed by atoms with Crippen molar-refractivity contribution in [1.29, 1.82) is 0 Å². The molecule has 0 spiro atoms. The van der Waals surface area contributed by atoms with Gasteiger partial charge in [-0.1, -0.05) is 26.2 Å². The summed E-state index contributed by atoms with van der Waals surface area (Å²) < 4.78 is 5.81. The van der Waals surface area contributed by atoms with Crippen LogP contribution >= 0.6 is 0 Å². The average molecular weight is 239 g/mol. The van der Waals surface area contributed by atoms with E-state index in [2.05, 4.69) is 12.2 Å². The van der Waals surface area contributed by atoms with Crippen molar-refractivity contribution in [1.82, 2.24) is 5.32 Å². The summed E-state index contributed by atoms with van der Waals surface area (Å²) in [4.78, 5) is 0. The summed E-state index contributed by atoms with van der Waals surface area (Å²) in [6.07, 6.45) is 12.8. The zero-order chi connectivity index (χ0) is 11.9. The number of rotatable bonds is 6. The van der Waals surface area contributed by atoms with Crippen LogP contribution in [0.1, 0.15) is 64.7 Å². The Kier molecular flexibility index (Phi) is 5.79. The van der Waals surface area contributed by atoms with E-state index < -0.39 is 0 Å². The summed E-state index contributed by atoms with van der Waals surface area (Å²) in [5.74, 6) is 0.916. The molecule has 2 rings (SSSR count). The van der Waals surface area contributed by atoms with Crippen LogP contribution in [0.15, 0.2) is 0 Å². The maximum absolute atomic E-state index is 5.81. The van der Waals surface area contributed by atoms with E-state index in [1.54, 1.807) is 0 Å². The molecular formula is C15H29NO. The van der Waals surface area contributed by atoms with Gasteiger partial charge in [-0.2, -0.15) is 0 Å². The first kappa shape index (κ1) is 13.4. The third-order valence-electron chi connectivity index (χ3n) is 4.42. The zero-order valence-electron chi connectivity index (χ0n) is 11.4. The van der Waals surface area contributed by atoms with Gasteiger partial charge in [-0.05, 0) is 51.0 Å². The van der Waals surface area contributed by atoms with Crippen LogP contribution in [-0.2, 0) is 4.74 Å². The molecule has 2 fully saturated rings. The van der Waals surface area contributed by atoms with Gasteiger partial charge >= 0.3 is 0 Å². The van der Waals surface area contributed by atoms with E-state index in [0.29, 0.717) is 6.10 Å². The van der Waals surface area contributed by atoms with E-state index in [0.717, 1.165) is 18.6 Å². The summed E-state index contributed by atoms with van der Waals surface area (Å²) in [6, 6.07) is 0.721. The average Bonchev–Trinajstić information content (AvgIpc) is 2.88. The zero-order valence-corrected chi connectivity index (χ0v) is 11.4. The summed E-state index contributed by atoms with van der Waals surface area (Å²) in [5.41, 5.74) is 0. The van der Waals surface area contributed by atoms with Crippen molar-refractivity contribution in [3.05, 3.63) is 0 Å². The molecule has 1 N–H and O–H groups in total. The highest BCUT2D eigenvalue weighted by Gasteiger charge is 2.27. The summed E-state index contributed by atoms with van der Waals surface area (Å²) >= 11 is 0. The van der Waals surface area contributed by atoms with Crippen LogP contribution < -0.4 is 5.32 Å². The highest BCUT2D eigenvalue weighted by molar-refractivity contribution is 4.83. The Morgan fingerprint density at radius 1 is 1.12 bits per heavy atom. The molecule has 2 unspecified atom stereocenters. The topological polar surface area (TPSA) is 21.3 Å². The highest BCUT2D eigenvalue weighted by atomic mass is 16.5. The molecule has 0 aromatic heterocycles. The van der Waals surface area contributed by atoms with Crippen molar-refractivity contribution < 1.29 is 4.74 Å². The van der Waals surface area contributed by atoms with Gasteiger partial charge in [-0.3, -0.25) is 0 Å². The maximum Gasteiger partial charge on any atom is 0.0590 e. The Balaban J connectivity index is 1.81. The largest absolute Gasteiger partial charge is 0.378 e. The van der Waals surface area contributed by atoms with Gasteiger partial charge in [0.15, 0.2) is 0 Å². The molecule has 1 saturated carbocycles. The van der Waals surface area contributed by atoms with Crippen molar-refractivity contribution in [2.45, 2.75) is 76.9 Å². The van der Waals surface area contributed by atoms with Gasteiger partial charge in [-0.15, -0.1) is 0 Å². The number of ether oxygens (including phenoxy) is 1. The molecule has 0 amide bonds. The monoisotopic (exact) mass is 239 g/mol. The van der Waals surface area contributed by atoms with Crippen molar-refractivity contribution in [3.8, 4) is 0 Å². The highest BCUT2D eigenvalue weighted by Crippen LogP contribution is 2.30. The standard InChI is InChI=1S/C15H29NO/c1-2-10-16-15(12-14-9-6-11-17-14)13-7-4-3-5-8-13/h13-16H,2-12H2,1H3. The first-order valence-electron chi connectivity index (χ1n) is 7.75. The van der Waals surface area contributed by atoms with Gasteiger partial charge in [0, 0.05) is 12.6 Å². The lowest BCUT2D eigenvalue weighted by molar-refractivity contribution is 0.0827. The van der Waals surface area contributed by atoms with Crippen LogP contribution in [0.5, 0.6) is 0 Å². The molecule has 0 aromatic carbocycles. The molecule has 2 aliphatic rings. The van der Waals surface area contributed by atoms with E-state index in [1.807, 2.05) is 0 Å². The molecule has 2 atom stereocenters. The normalized spacial score (nSPS) is 28.4.